The molecule has 16 heavy (non-hydrogen) atoms. The molecular formula is C11H16N2O2S. The molecule has 4 nitrogen and oxygen atoms in total. The molecule has 2 aliphatic heterocycles. The van der Waals surface area contributed by atoms with Crippen LogP contribution in [0.25, 0.3) is 0 Å². The maximum Gasteiger partial charge on any atom is 0.0991 e. The number of nitrogens with two attached hydrogens (primary N) is 1. The second-order valence-electron chi connectivity index (χ2n) is 4.77. The predicted octanol–water partition coefficient (Wildman–Crippen LogP) is 1.07. The molecule has 1 aromatic rings. The van der Waals surface area contributed by atoms with Crippen molar-refractivity contribution in [2.75, 3.05) is 6.54 Å². The zero-order chi connectivity index (χ0) is 11.2. The van der Waals surface area contributed by atoms with Gasteiger partial charge < -0.3 is 15.6 Å². The monoisotopic (exact) mass is 240 g/mol. The maximum atomic E-state index is 10.5. The Morgan fingerprint density at radius 2 is 2.56 bits per heavy atom. The highest BCUT2D eigenvalue weighted by Gasteiger charge is 2.56. The Morgan fingerprint density at radius 3 is 3.06 bits per heavy atom. The SMILES string of the molecule is NCC1(C(O)c2cncs2)CC2CCC1O2. The summed E-state index contributed by atoms with van der Waals surface area (Å²) in [4.78, 5) is 4.92. The summed E-state index contributed by atoms with van der Waals surface area (Å²) in [5, 5.41) is 10.5. The van der Waals surface area contributed by atoms with E-state index in [0.29, 0.717) is 12.6 Å². The molecule has 4 unspecified atom stereocenters. The molecule has 5 heteroatoms. The zero-order valence-corrected chi connectivity index (χ0v) is 9.82. The first kappa shape index (κ1) is 10.7. The summed E-state index contributed by atoms with van der Waals surface area (Å²) in [7, 11) is 0. The van der Waals surface area contributed by atoms with Crippen molar-refractivity contribution < 1.29 is 9.84 Å². The minimum Gasteiger partial charge on any atom is -0.387 e. The van der Waals surface area contributed by atoms with E-state index in [4.69, 9.17) is 10.5 Å². The van der Waals surface area contributed by atoms with Crippen LogP contribution in [0.4, 0.5) is 0 Å². The Bertz CT molecular complexity index is 370. The van der Waals surface area contributed by atoms with E-state index in [1.165, 1.54) is 11.3 Å². The van der Waals surface area contributed by atoms with Crippen molar-refractivity contribution in [2.45, 2.75) is 37.6 Å². The van der Waals surface area contributed by atoms with Crippen LogP contribution in [0.5, 0.6) is 0 Å². The van der Waals surface area contributed by atoms with Crippen LogP contribution in [-0.2, 0) is 4.74 Å². The number of rotatable bonds is 3. The lowest BCUT2D eigenvalue weighted by Crippen LogP contribution is -2.44. The standard InChI is InChI=1S/C11H16N2O2S/c12-5-11(3-7-1-2-9(11)15-7)10(14)8-4-13-6-16-8/h4,6-7,9-10,14H,1-3,5,12H2. The van der Waals surface area contributed by atoms with E-state index < -0.39 is 6.10 Å². The van der Waals surface area contributed by atoms with Gasteiger partial charge in [-0.25, -0.2) is 0 Å². The molecule has 1 aromatic heterocycles. The summed E-state index contributed by atoms with van der Waals surface area (Å²) in [6.45, 7) is 0.479. The van der Waals surface area contributed by atoms with Crippen molar-refractivity contribution in [2.24, 2.45) is 11.1 Å². The first-order chi connectivity index (χ1) is 7.76. The molecule has 3 heterocycles. The molecule has 4 atom stereocenters. The molecule has 0 aliphatic carbocycles. The van der Waals surface area contributed by atoms with Gasteiger partial charge in [-0.2, -0.15) is 0 Å². The highest BCUT2D eigenvalue weighted by Crippen LogP contribution is 2.53. The lowest BCUT2D eigenvalue weighted by Gasteiger charge is -2.37. The third-order valence-corrected chi connectivity index (χ3v) is 4.83. The van der Waals surface area contributed by atoms with Gasteiger partial charge in [-0.15, -0.1) is 11.3 Å². The van der Waals surface area contributed by atoms with Crippen molar-refractivity contribution in [3.8, 4) is 0 Å². The number of thiazole rings is 1. The minimum atomic E-state index is -0.528. The zero-order valence-electron chi connectivity index (χ0n) is 9.00. The van der Waals surface area contributed by atoms with E-state index in [2.05, 4.69) is 4.98 Å². The van der Waals surface area contributed by atoms with Gasteiger partial charge in [0, 0.05) is 18.2 Å². The number of aliphatic hydroxyl groups is 1. The molecule has 2 fully saturated rings. The van der Waals surface area contributed by atoms with Crippen LogP contribution in [0.2, 0.25) is 0 Å². The van der Waals surface area contributed by atoms with Crippen LogP contribution in [-0.4, -0.2) is 28.8 Å². The third kappa shape index (κ3) is 1.35. The Kier molecular flexibility index (Phi) is 2.51. The van der Waals surface area contributed by atoms with Crippen molar-refractivity contribution in [1.82, 2.24) is 4.98 Å². The largest absolute Gasteiger partial charge is 0.387 e. The lowest BCUT2D eigenvalue weighted by molar-refractivity contribution is -0.0246. The summed E-state index contributed by atoms with van der Waals surface area (Å²) in [5.41, 5.74) is 7.37. The Morgan fingerprint density at radius 1 is 1.69 bits per heavy atom. The molecule has 2 aliphatic rings. The molecule has 0 spiro atoms. The van der Waals surface area contributed by atoms with E-state index in [0.717, 1.165) is 24.1 Å². The van der Waals surface area contributed by atoms with E-state index in [1.54, 1.807) is 11.7 Å². The van der Waals surface area contributed by atoms with E-state index in [9.17, 15) is 5.11 Å². The average Bonchev–Trinajstić information content (AvgIpc) is 3.03. The van der Waals surface area contributed by atoms with Gasteiger partial charge in [0.15, 0.2) is 0 Å². The van der Waals surface area contributed by atoms with E-state index in [-0.39, 0.29) is 11.5 Å². The summed E-state index contributed by atoms with van der Waals surface area (Å²) in [6.07, 6.45) is 4.65. The van der Waals surface area contributed by atoms with Gasteiger partial charge >= 0.3 is 0 Å². The van der Waals surface area contributed by atoms with Gasteiger partial charge in [0.1, 0.15) is 0 Å². The van der Waals surface area contributed by atoms with Crippen LogP contribution in [0.3, 0.4) is 0 Å². The van der Waals surface area contributed by atoms with E-state index >= 15 is 0 Å². The molecule has 3 rings (SSSR count). The number of ether oxygens (including phenoxy) is 1. The van der Waals surface area contributed by atoms with Crippen LogP contribution in [0.1, 0.15) is 30.2 Å². The average molecular weight is 240 g/mol. The highest BCUT2D eigenvalue weighted by molar-refractivity contribution is 7.09. The summed E-state index contributed by atoms with van der Waals surface area (Å²) < 4.78 is 5.84. The van der Waals surface area contributed by atoms with Gasteiger partial charge in [-0.1, -0.05) is 0 Å². The second kappa shape index (κ2) is 3.77. The number of hydrogen-bond donors (Lipinski definition) is 2. The number of fused-ring (bicyclic) bond motifs is 2. The number of nitrogens with zero attached hydrogens (tertiary/aromatic N) is 1. The van der Waals surface area contributed by atoms with Crippen molar-refractivity contribution in [1.29, 1.82) is 0 Å². The normalized spacial score (nSPS) is 39.1. The molecule has 0 radical (unpaired) electrons. The number of hydrogen-bond acceptors (Lipinski definition) is 5. The number of aliphatic hydroxyl groups excluding tert-OH is 1. The maximum absolute atomic E-state index is 10.5. The van der Waals surface area contributed by atoms with E-state index in [1.807, 2.05) is 0 Å². The van der Waals surface area contributed by atoms with Gasteiger partial charge in [-0.3, -0.25) is 4.98 Å². The molecule has 3 N–H and O–H groups in total. The Hall–Kier alpha value is -0.490. The van der Waals surface area contributed by atoms with Gasteiger partial charge in [0.05, 0.1) is 28.7 Å². The highest BCUT2D eigenvalue weighted by atomic mass is 32.1. The smallest absolute Gasteiger partial charge is 0.0991 e. The molecule has 0 saturated carbocycles. The molecule has 2 saturated heterocycles. The summed E-state index contributed by atoms with van der Waals surface area (Å²) >= 11 is 1.49. The topological polar surface area (TPSA) is 68.4 Å². The van der Waals surface area contributed by atoms with Gasteiger partial charge in [0.2, 0.25) is 0 Å². The van der Waals surface area contributed by atoms with Crippen LogP contribution in [0.15, 0.2) is 11.7 Å². The first-order valence-electron chi connectivity index (χ1n) is 5.68. The molecule has 2 bridgehead atoms. The first-order valence-corrected chi connectivity index (χ1v) is 6.56. The second-order valence-corrected chi connectivity index (χ2v) is 5.69. The fourth-order valence-electron chi connectivity index (χ4n) is 3.09. The van der Waals surface area contributed by atoms with Gasteiger partial charge in [-0.05, 0) is 19.3 Å². The van der Waals surface area contributed by atoms with Crippen molar-refractivity contribution in [3.63, 3.8) is 0 Å². The van der Waals surface area contributed by atoms with Crippen LogP contribution in [0, 0.1) is 5.41 Å². The fourth-order valence-corrected chi connectivity index (χ4v) is 3.82. The van der Waals surface area contributed by atoms with Crippen molar-refractivity contribution >= 4 is 11.3 Å². The number of aromatic nitrogens is 1. The Balaban J connectivity index is 1.91. The lowest BCUT2D eigenvalue weighted by atomic mass is 9.69. The molecular weight excluding hydrogens is 224 g/mol. The third-order valence-electron chi connectivity index (χ3n) is 4.00. The molecule has 0 aromatic carbocycles. The Labute approximate surface area is 98.4 Å². The van der Waals surface area contributed by atoms with Crippen molar-refractivity contribution in [3.05, 3.63) is 16.6 Å². The predicted molar refractivity (Wildman–Crippen MR) is 61.1 cm³/mol. The summed E-state index contributed by atoms with van der Waals surface area (Å²) in [6, 6.07) is 0. The van der Waals surface area contributed by atoms with Crippen LogP contribution >= 0.6 is 11.3 Å². The fraction of sp³-hybridized carbons (Fsp3) is 0.727. The summed E-state index contributed by atoms with van der Waals surface area (Å²) in [5.74, 6) is 0. The molecule has 88 valence electrons. The van der Waals surface area contributed by atoms with Crippen LogP contribution < -0.4 is 5.73 Å². The molecule has 0 amide bonds. The van der Waals surface area contributed by atoms with Gasteiger partial charge in [0.25, 0.3) is 0 Å². The quantitative estimate of drug-likeness (QED) is 0.829. The minimum absolute atomic E-state index is 0.125.